The predicted octanol–water partition coefficient (Wildman–Crippen LogP) is 2.20. The van der Waals surface area contributed by atoms with E-state index in [2.05, 4.69) is 15.4 Å². The highest BCUT2D eigenvalue weighted by molar-refractivity contribution is 6.01. The molecule has 1 aromatic carbocycles. The van der Waals surface area contributed by atoms with Crippen LogP contribution in [0.3, 0.4) is 0 Å². The molecule has 0 unspecified atom stereocenters. The SMILES string of the molecule is Cc1nn(C)c2ncc(C(=O)OCC(=O)c3ccc4c(c3)CCC(=O)N4)cc12. The highest BCUT2D eigenvalue weighted by Crippen LogP contribution is 2.24. The summed E-state index contributed by atoms with van der Waals surface area (Å²) in [6, 6.07) is 6.72. The summed E-state index contributed by atoms with van der Waals surface area (Å²) in [7, 11) is 1.78. The number of nitrogens with zero attached hydrogens (tertiary/aromatic N) is 3. The number of pyridine rings is 1. The number of carbonyl (C=O) groups is 3. The first-order valence-electron chi connectivity index (χ1n) is 8.85. The third kappa shape index (κ3) is 3.24. The average molecular weight is 378 g/mol. The van der Waals surface area contributed by atoms with E-state index in [4.69, 9.17) is 4.74 Å². The normalized spacial score (nSPS) is 13.1. The number of carbonyl (C=O) groups excluding carboxylic acids is 3. The van der Waals surface area contributed by atoms with Crippen molar-refractivity contribution in [2.75, 3.05) is 11.9 Å². The first-order valence-corrected chi connectivity index (χ1v) is 8.85. The molecule has 0 fully saturated rings. The van der Waals surface area contributed by atoms with Crippen molar-refractivity contribution in [2.45, 2.75) is 19.8 Å². The number of anilines is 1. The van der Waals surface area contributed by atoms with Crippen molar-refractivity contribution in [2.24, 2.45) is 7.05 Å². The van der Waals surface area contributed by atoms with Gasteiger partial charge in [0.25, 0.3) is 0 Å². The van der Waals surface area contributed by atoms with Crippen molar-refractivity contribution in [1.29, 1.82) is 0 Å². The lowest BCUT2D eigenvalue weighted by atomic mass is 9.99. The van der Waals surface area contributed by atoms with Crippen molar-refractivity contribution < 1.29 is 19.1 Å². The van der Waals surface area contributed by atoms with E-state index in [9.17, 15) is 14.4 Å². The van der Waals surface area contributed by atoms with E-state index in [-0.39, 0.29) is 23.9 Å². The van der Waals surface area contributed by atoms with Crippen molar-refractivity contribution in [3.63, 3.8) is 0 Å². The highest BCUT2D eigenvalue weighted by Gasteiger charge is 2.18. The molecule has 4 rings (SSSR count). The summed E-state index contributed by atoms with van der Waals surface area (Å²) in [5.41, 5.74) is 3.77. The number of benzene rings is 1. The molecule has 1 N–H and O–H groups in total. The standard InChI is InChI=1S/C20H18N4O4/c1-11-15-8-14(9-21-19(15)24(2)23-11)20(27)28-10-17(25)13-3-5-16-12(7-13)4-6-18(26)22-16/h3,5,7-9H,4,6,10H2,1-2H3,(H,22,26). The number of aryl methyl sites for hydroxylation is 3. The number of ketones is 1. The number of aromatic nitrogens is 3. The Morgan fingerprint density at radius 2 is 2.04 bits per heavy atom. The number of Topliss-reactive ketones (excluding diaryl/α,β-unsaturated/α-hetero) is 1. The molecule has 1 aliphatic heterocycles. The molecule has 0 aliphatic carbocycles. The second kappa shape index (κ2) is 6.88. The minimum Gasteiger partial charge on any atom is -0.454 e. The lowest BCUT2D eigenvalue weighted by Gasteiger charge is -2.17. The number of hydrogen-bond donors (Lipinski definition) is 1. The van der Waals surface area contributed by atoms with E-state index in [1.54, 1.807) is 36.0 Å². The first-order chi connectivity index (χ1) is 13.4. The number of ether oxygens (including phenoxy) is 1. The molecule has 0 spiro atoms. The van der Waals surface area contributed by atoms with Gasteiger partial charge in [-0.25, -0.2) is 9.78 Å². The van der Waals surface area contributed by atoms with E-state index in [0.29, 0.717) is 24.1 Å². The van der Waals surface area contributed by atoms with Gasteiger partial charge in [-0.15, -0.1) is 0 Å². The maximum atomic E-state index is 12.4. The third-order valence-corrected chi connectivity index (χ3v) is 4.76. The van der Waals surface area contributed by atoms with Crippen LogP contribution in [0.5, 0.6) is 0 Å². The Kier molecular flexibility index (Phi) is 4.38. The number of nitrogens with one attached hydrogen (secondary N) is 1. The van der Waals surface area contributed by atoms with Crippen LogP contribution in [0.2, 0.25) is 0 Å². The Bertz CT molecular complexity index is 1130. The molecule has 0 bridgehead atoms. The van der Waals surface area contributed by atoms with Crippen LogP contribution < -0.4 is 5.32 Å². The van der Waals surface area contributed by atoms with Gasteiger partial charge in [-0.2, -0.15) is 5.10 Å². The average Bonchev–Trinajstić information content (AvgIpc) is 2.98. The van der Waals surface area contributed by atoms with Crippen LogP contribution >= 0.6 is 0 Å². The summed E-state index contributed by atoms with van der Waals surface area (Å²) in [5.74, 6) is -0.953. The zero-order valence-corrected chi connectivity index (χ0v) is 15.5. The van der Waals surface area contributed by atoms with Gasteiger partial charge in [0, 0.05) is 36.3 Å². The molecule has 0 radical (unpaired) electrons. The minimum absolute atomic E-state index is 0.0325. The Morgan fingerprint density at radius 3 is 2.86 bits per heavy atom. The molecule has 3 heterocycles. The van der Waals surface area contributed by atoms with E-state index in [0.717, 1.165) is 22.3 Å². The van der Waals surface area contributed by atoms with E-state index < -0.39 is 5.97 Å². The molecule has 8 heteroatoms. The lowest BCUT2D eigenvalue weighted by Crippen LogP contribution is -2.20. The van der Waals surface area contributed by atoms with Crippen LogP contribution in [-0.2, 0) is 23.0 Å². The first kappa shape index (κ1) is 17.8. The quantitative estimate of drug-likeness (QED) is 0.551. The van der Waals surface area contributed by atoms with Gasteiger partial charge in [-0.05, 0) is 43.2 Å². The second-order valence-corrected chi connectivity index (χ2v) is 6.72. The van der Waals surface area contributed by atoms with Gasteiger partial charge in [0.1, 0.15) is 0 Å². The summed E-state index contributed by atoms with van der Waals surface area (Å²) in [5, 5.41) is 7.80. The molecule has 142 valence electrons. The fourth-order valence-corrected chi connectivity index (χ4v) is 3.27. The second-order valence-electron chi connectivity index (χ2n) is 6.72. The maximum absolute atomic E-state index is 12.4. The Morgan fingerprint density at radius 1 is 1.21 bits per heavy atom. The monoisotopic (exact) mass is 378 g/mol. The molecule has 1 aliphatic rings. The Hall–Kier alpha value is -3.55. The summed E-state index contributed by atoms with van der Waals surface area (Å²) in [6.45, 7) is 1.47. The number of esters is 1. The molecular weight excluding hydrogens is 360 g/mol. The topological polar surface area (TPSA) is 103 Å². The van der Waals surface area contributed by atoms with Crippen LogP contribution in [-0.4, -0.2) is 39.0 Å². The van der Waals surface area contributed by atoms with Crippen LogP contribution in [0, 0.1) is 6.92 Å². The summed E-state index contributed by atoms with van der Waals surface area (Å²) in [6.07, 6.45) is 2.39. The predicted molar refractivity (Wildman–Crippen MR) is 101 cm³/mol. The van der Waals surface area contributed by atoms with Gasteiger partial charge in [0.2, 0.25) is 5.91 Å². The third-order valence-electron chi connectivity index (χ3n) is 4.76. The molecule has 28 heavy (non-hydrogen) atoms. The van der Waals surface area contributed by atoms with Gasteiger partial charge < -0.3 is 10.1 Å². The smallest absolute Gasteiger partial charge is 0.340 e. The zero-order valence-electron chi connectivity index (χ0n) is 15.5. The van der Waals surface area contributed by atoms with Gasteiger partial charge in [-0.1, -0.05) is 0 Å². The molecule has 1 amide bonds. The largest absolute Gasteiger partial charge is 0.454 e. The van der Waals surface area contributed by atoms with E-state index in [1.165, 1.54) is 6.20 Å². The highest BCUT2D eigenvalue weighted by atomic mass is 16.5. The maximum Gasteiger partial charge on any atom is 0.340 e. The van der Waals surface area contributed by atoms with Gasteiger partial charge in [0.05, 0.1) is 11.3 Å². The van der Waals surface area contributed by atoms with Gasteiger partial charge >= 0.3 is 5.97 Å². The minimum atomic E-state index is -0.615. The fraction of sp³-hybridized carbons (Fsp3) is 0.250. The number of hydrogen-bond acceptors (Lipinski definition) is 6. The summed E-state index contributed by atoms with van der Waals surface area (Å²) < 4.78 is 6.82. The van der Waals surface area contributed by atoms with Crippen LogP contribution in [0.4, 0.5) is 5.69 Å². The number of fused-ring (bicyclic) bond motifs is 2. The molecular formula is C20H18N4O4. The Labute approximate surface area is 160 Å². The lowest BCUT2D eigenvalue weighted by molar-refractivity contribution is -0.116. The zero-order chi connectivity index (χ0) is 19.8. The van der Waals surface area contributed by atoms with Gasteiger partial charge in [-0.3, -0.25) is 14.3 Å². The molecule has 8 nitrogen and oxygen atoms in total. The van der Waals surface area contributed by atoms with E-state index >= 15 is 0 Å². The van der Waals surface area contributed by atoms with Crippen molar-refractivity contribution in [3.8, 4) is 0 Å². The molecule has 2 aromatic heterocycles. The van der Waals surface area contributed by atoms with Gasteiger partial charge in [0.15, 0.2) is 18.0 Å². The fourth-order valence-electron chi connectivity index (χ4n) is 3.27. The Balaban J connectivity index is 1.45. The molecule has 3 aromatic rings. The van der Waals surface area contributed by atoms with Crippen LogP contribution in [0.25, 0.3) is 11.0 Å². The van der Waals surface area contributed by atoms with Crippen molar-refractivity contribution in [3.05, 3.63) is 52.8 Å². The van der Waals surface area contributed by atoms with Crippen LogP contribution in [0.1, 0.15) is 38.4 Å². The van der Waals surface area contributed by atoms with Crippen molar-refractivity contribution in [1.82, 2.24) is 14.8 Å². The molecule has 0 saturated heterocycles. The summed E-state index contributed by atoms with van der Waals surface area (Å²) in [4.78, 5) is 40.4. The number of amides is 1. The number of rotatable bonds is 4. The van der Waals surface area contributed by atoms with E-state index in [1.807, 2.05) is 6.92 Å². The van der Waals surface area contributed by atoms with Crippen LogP contribution in [0.15, 0.2) is 30.5 Å². The van der Waals surface area contributed by atoms with Crippen molar-refractivity contribution >= 4 is 34.4 Å². The molecule has 0 saturated carbocycles. The summed E-state index contributed by atoms with van der Waals surface area (Å²) >= 11 is 0. The molecule has 0 atom stereocenters.